The van der Waals surface area contributed by atoms with Crippen LogP contribution in [-0.4, -0.2) is 18.4 Å². The van der Waals surface area contributed by atoms with E-state index < -0.39 is 5.41 Å². The molecule has 0 spiro atoms. The molecule has 0 N–H and O–H groups in total. The van der Waals surface area contributed by atoms with Crippen LogP contribution in [0.2, 0.25) is 0 Å². The molecule has 3 heteroatoms. The van der Waals surface area contributed by atoms with E-state index in [1.165, 1.54) is 0 Å². The minimum absolute atomic E-state index is 0.127. The van der Waals surface area contributed by atoms with E-state index in [1.807, 2.05) is 0 Å². The molecule has 0 aromatic carbocycles. The first-order chi connectivity index (χ1) is 5.88. The van der Waals surface area contributed by atoms with Crippen molar-refractivity contribution in [3.8, 4) is 0 Å². The second-order valence-electron chi connectivity index (χ2n) is 4.03. The fraction of sp³-hybridized carbons (Fsp3) is 0.800. The van der Waals surface area contributed by atoms with Crippen LogP contribution in [0.1, 0.15) is 40.5 Å². The summed E-state index contributed by atoms with van der Waals surface area (Å²) in [7, 11) is 0. The van der Waals surface area contributed by atoms with Crippen molar-refractivity contribution in [3.05, 3.63) is 0 Å². The Morgan fingerprint density at radius 2 is 1.77 bits per heavy atom. The van der Waals surface area contributed by atoms with Gasteiger partial charge in [0.2, 0.25) is 0 Å². The third kappa shape index (κ3) is 5.39. The predicted octanol–water partition coefficient (Wildman–Crippen LogP) is 1.94. The number of Topliss-reactive ketones (excluding diaryl/α,β-unsaturated/α-hetero) is 1. The third-order valence-electron chi connectivity index (χ3n) is 1.62. The van der Waals surface area contributed by atoms with E-state index in [1.54, 1.807) is 27.7 Å². The number of hydrogen-bond donors (Lipinski definition) is 0. The van der Waals surface area contributed by atoms with Gasteiger partial charge in [-0.25, -0.2) is 0 Å². The molecule has 0 aliphatic carbocycles. The highest BCUT2D eigenvalue weighted by Crippen LogP contribution is 2.15. The maximum atomic E-state index is 11.2. The monoisotopic (exact) mass is 186 g/mol. The van der Waals surface area contributed by atoms with Crippen molar-refractivity contribution < 1.29 is 14.3 Å². The van der Waals surface area contributed by atoms with Gasteiger partial charge in [-0.3, -0.25) is 9.59 Å². The molecule has 0 aliphatic heterocycles. The van der Waals surface area contributed by atoms with Crippen LogP contribution in [0.25, 0.3) is 0 Å². The van der Waals surface area contributed by atoms with Crippen molar-refractivity contribution in [3.63, 3.8) is 0 Å². The number of ketones is 1. The highest BCUT2D eigenvalue weighted by atomic mass is 16.5. The Balaban J connectivity index is 3.67. The predicted molar refractivity (Wildman–Crippen MR) is 50.3 cm³/mol. The minimum Gasteiger partial charge on any atom is -0.465 e. The van der Waals surface area contributed by atoms with Gasteiger partial charge < -0.3 is 4.74 Å². The average molecular weight is 186 g/mol. The van der Waals surface area contributed by atoms with Gasteiger partial charge in [-0.15, -0.1) is 0 Å². The summed E-state index contributed by atoms with van der Waals surface area (Å²) < 4.78 is 4.92. The molecule has 0 aliphatic rings. The van der Waals surface area contributed by atoms with E-state index in [4.69, 9.17) is 4.74 Å². The van der Waals surface area contributed by atoms with E-state index >= 15 is 0 Å². The van der Waals surface area contributed by atoms with Crippen molar-refractivity contribution >= 4 is 11.8 Å². The molecule has 0 fully saturated rings. The molecule has 76 valence electrons. The Morgan fingerprint density at radius 1 is 1.23 bits per heavy atom. The van der Waals surface area contributed by atoms with Crippen LogP contribution in [-0.2, 0) is 14.3 Å². The van der Waals surface area contributed by atoms with E-state index in [0.717, 1.165) is 0 Å². The molecule has 0 aromatic heterocycles. The van der Waals surface area contributed by atoms with Crippen molar-refractivity contribution in [2.75, 3.05) is 6.61 Å². The van der Waals surface area contributed by atoms with E-state index in [-0.39, 0.29) is 18.4 Å². The molecule has 3 nitrogen and oxygen atoms in total. The van der Waals surface area contributed by atoms with Crippen LogP contribution < -0.4 is 0 Å². The van der Waals surface area contributed by atoms with Crippen molar-refractivity contribution in [2.24, 2.45) is 5.41 Å². The molecule has 0 bridgehead atoms. The van der Waals surface area contributed by atoms with Gasteiger partial charge in [0, 0.05) is 12.8 Å². The molecule has 0 rings (SSSR count). The summed E-state index contributed by atoms with van der Waals surface area (Å²) >= 11 is 0. The minimum atomic E-state index is -0.477. The lowest BCUT2D eigenvalue weighted by atomic mass is 9.97. The summed E-state index contributed by atoms with van der Waals surface area (Å²) in [4.78, 5) is 22.1. The molecule has 0 radical (unpaired) electrons. The van der Waals surface area contributed by atoms with Crippen LogP contribution in [0.3, 0.4) is 0 Å². The quantitative estimate of drug-likeness (QED) is 0.630. The smallest absolute Gasteiger partial charge is 0.311 e. The van der Waals surface area contributed by atoms with Gasteiger partial charge in [0.25, 0.3) is 0 Å². The number of esters is 1. The summed E-state index contributed by atoms with van der Waals surface area (Å²) in [5.74, 6) is -0.127. The molecular weight excluding hydrogens is 168 g/mol. The second kappa shape index (κ2) is 5.00. The lowest BCUT2D eigenvalue weighted by Gasteiger charge is -2.16. The molecule has 0 aromatic rings. The molecule has 0 amide bonds. The summed E-state index contributed by atoms with van der Waals surface area (Å²) in [5.41, 5.74) is -0.477. The Kier molecular flexibility index (Phi) is 4.67. The van der Waals surface area contributed by atoms with E-state index in [0.29, 0.717) is 12.8 Å². The number of ether oxygens (including phenoxy) is 1. The largest absolute Gasteiger partial charge is 0.465 e. The number of carbonyl (C=O) groups excluding carboxylic acids is 2. The van der Waals surface area contributed by atoms with Gasteiger partial charge >= 0.3 is 5.97 Å². The fourth-order valence-electron chi connectivity index (χ4n) is 0.651. The number of rotatable bonds is 4. The maximum absolute atomic E-state index is 11.2. The zero-order valence-corrected chi connectivity index (χ0v) is 8.85. The van der Waals surface area contributed by atoms with Crippen LogP contribution in [0.4, 0.5) is 0 Å². The van der Waals surface area contributed by atoms with Gasteiger partial charge in [-0.05, 0) is 20.8 Å². The summed E-state index contributed by atoms with van der Waals surface area (Å²) in [6.45, 7) is 7.38. The molecule has 0 heterocycles. The first-order valence-electron chi connectivity index (χ1n) is 4.57. The highest BCUT2D eigenvalue weighted by Gasteiger charge is 2.22. The summed E-state index contributed by atoms with van der Waals surface area (Å²) in [6, 6.07) is 0. The van der Waals surface area contributed by atoms with Gasteiger partial charge in [-0.2, -0.15) is 0 Å². The van der Waals surface area contributed by atoms with E-state index in [2.05, 4.69) is 0 Å². The second-order valence-corrected chi connectivity index (χ2v) is 4.03. The standard InChI is InChI=1S/C10H18O3/c1-5-8(11)6-7-13-9(12)10(2,3)4/h5-7H2,1-4H3. The van der Waals surface area contributed by atoms with Crippen molar-refractivity contribution in [1.29, 1.82) is 0 Å². The van der Waals surface area contributed by atoms with Crippen molar-refractivity contribution in [1.82, 2.24) is 0 Å². The molecule has 0 saturated heterocycles. The topological polar surface area (TPSA) is 43.4 Å². The SMILES string of the molecule is CCC(=O)CCOC(=O)C(C)(C)C. The molecule has 13 heavy (non-hydrogen) atoms. The maximum Gasteiger partial charge on any atom is 0.311 e. The lowest BCUT2D eigenvalue weighted by molar-refractivity contribution is -0.153. The first-order valence-corrected chi connectivity index (χ1v) is 4.57. The fourth-order valence-corrected chi connectivity index (χ4v) is 0.651. The van der Waals surface area contributed by atoms with Crippen LogP contribution in [0.15, 0.2) is 0 Å². The van der Waals surface area contributed by atoms with Gasteiger partial charge in [0.15, 0.2) is 0 Å². The Hall–Kier alpha value is -0.860. The lowest BCUT2D eigenvalue weighted by Crippen LogP contribution is -2.23. The molecular formula is C10H18O3. The van der Waals surface area contributed by atoms with Crippen molar-refractivity contribution in [2.45, 2.75) is 40.5 Å². The Bertz CT molecular complexity index is 189. The summed E-state index contributed by atoms with van der Waals surface area (Å²) in [6.07, 6.45) is 0.839. The number of carbonyl (C=O) groups is 2. The Labute approximate surface area is 79.5 Å². The zero-order chi connectivity index (χ0) is 10.5. The molecule has 0 atom stereocenters. The van der Waals surface area contributed by atoms with Crippen LogP contribution in [0, 0.1) is 5.41 Å². The van der Waals surface area contributed by atoms with E-state index in [9.17, 15) is 9.59 Å². The van der Waals surface area contributed by atoms with Gasteiger partial charge in [0.05, 0.1) is 12.0 Å². The normalized spacial score (nSPS) is 11.1. The zero-order valence-electron chi connectivity index (χ0n) is 8.85. The summed E-state index contributed by atoms with van der Waals surface area (Å²) in [5, 5.41) is 0. The number of hydrogen-bond acceptors (Lipinski definition) is 3. The molecule has 0 saturated carbocycles. The average Bonchev–Trinajstić information content (AvgIpc) is 2.02. The molecule has 0 unspecified atom stereocenters. The van der Waals surface area contributed by atoms with Gasteiger partial charge in [-0.1, -0.05) is 6.92 Å². The third-order valence-corrected chi connectivity index (χ3v) is 1.62. The Morgan fingerprint density at radius 3 is 2.15 bits per heavy atom. The van der Waals surface area contributed by atoms with Crippen LogP contribution in [0.5, 0.6) is 0 Å². The highest BCUT2D eigenvalue weighted by molar-refractivity contribution is 5.79. The first kappa shape index (κ1) is 12.1. The van der Waals surface area contributed by atoms with Gasteiger partial charge in [0.1, 0.15) is 5.78 Å². The van der Waals surface area contributed by atoms with Crippen LogP contribution >= 0.6 is 0 Å².